The summed E-state index contributed by atoms with van der Waals surface area (Å²) in [5.74, 6) is 0.829. The Bertz CT molecular complexity index is 109. The molecule has 0 unspecified atom stereocenters. The molecular formula is C9H19N. The maximum Gasteiger partial charge on any atom is 0.0119 e. The molecule has 0 amide bonds. The SMILES string of the molecule is CC(C)[C@@H]1CC[C@H](C)N1C. The third-order valence-electron chi connectivity index (χ3n) is 2.87. The highest BCUT2D eigenvalue weighted by Crippen LogP contribution is 2.26. The molecule has 10 heavy (non-hydrogen) atoms. The van der Waals surface area contributed by atoms with Gasteiger partial charge >= 0.3 is 0 Å². The van der Waals surface area contributed by atoms with Crippen molar-refractivity contribution in [3.63, 3.8) is 0 Å². The molecule has 0 saturated carbocycles. The molecule has 1 nitrogen and oxygen atoms in total. The lowest BCUT2D eigenvalue weighted by Gasteiger charge is -2.26. The van der Waals surface area contributed by atoms with E-state index in [1.54, 1.807) is 0 Å². The van der Waals surface area contributed by atoms with E-state index < -0.39 is 0 Å². The Morgan fingerprint density at radius 1 is 1.30 bits per heavy atom. The van der Waals surface area contributed by atoms with Crippen LogP contribution in [-0.2, 0) is 0 Å². The zero-order valence-electron chi connectivity index (χ0n) is 7.59. The second-order valence-corrected chi connectivity index (χ2v) is 3.90. The summed E-state index contributed by atoms with van der Waals surface area (Å²) in [6.45, 7) is 6.96. The van der Waals surface area contributed by atoms with E-state index in [0.717, 1.165) is 18.0 Å². The molecule has 1 aliphatic rings. The van der Waals surface area contributed by atoms with Gasteiger partial charge in [0.25, 0.3) is 0 Å². The van der Waals surface area contributed by atoms with Crippen LogP contribution >= 0.6 is 0 Å². The van der Waals surface area contributed by atoms with Crippen LogP contribution in [0.25, 0.3) is 0 Å². The largest absolute Gasteiger partial charge is 0.300 e. The summed E-state index contributed by atoms with van der Waals surface area (Å²) in [7, 11) is 2.25. The summed E-state index contributed by atoms with van der Waals surface area (Å²) in [6.07, 6.45) is 2.79. The third kappa shape index (κ3) is 1.34. The molecule has 1 heterocycles. The fourth-order valence-electron chi connectivity index (χ4n) is 1.95. The van der Waals surface area contributed by atoms with Crippen LogP contribution in [0.1, 0.15) is 33.6 Å². The van der Waals surface area contributed by atoms with Gasteiger partial charge in [-0.2, -0.15) is 0 Å². The van der Waals surface area contributed by atoms with Crippen molar-refractivity contribution >= 4 is 0 Å². The molecule has 0 aromatic rings. The van der Waals surface area contributed by atoms with Crippen LogP contribution in [0.3, 0.4) is 0 Å². The first-order valence-corrected chi connectivity index (χ1v) is 4.35. The van der Waals surface area contributed by atoms with E-state index in [1.165, 1.54) is 12.8 Å². The number of hydrogen-bond acceptors (Lipinski definition) is 1. The minimum Gasteiger partial charge on any atom is -0.300 e. The van der Waals surface area contributed by atoms with Gasteiger partial charge in [-0.25, -0.2) is 0 Å². The van der Waals surface area contributed by atoms with Crippen LogP contribution in [-0.4, -0.2) is 24.0 Å². The van der Waals surface area contributed by atoms with E-state index in [2.05, 4.69) is 32.7 Å². The van der Waals surface area contributed by atoms with E-state index in [-0.39, 0.29) is 0 Å². The van der Waals surface area contributed by atoms with E-state index in [4.69, 9.17) is 0 Å². The summed E-state index contributed by atoms with van der Waals surface area (Å²) in [4.78, 5) is 2.52. The molecule has 0 aromatic carbocycles. The number of rotatable bonds is 1. The van der Waals surface area contributed by atoms with Gasteiger partial charge in [-0.05, 0) is 32.7 Å². The summed E-state index contributed by atoms with van der Waals surface area (Å²) in [5, 5.41) is 0. The maximum absolute atomic E-state index is 2.52. The Hall–Kier alpha value is -0.0400. The third-order valence-corrected chi connectivity index (χ3v) is 2.87. The highest BCUT2D eigenvalue weighted by molar-refractivity contribution is 4.84. The van der Waals surface area contributed by atoms with Gasteiger partial charge in [0.15, 0.2) is 0 Å². The zero-order chi connectivity index (χ0) is 7.72. The first kappa shape index (κ1) is 8.06. The van der Waals surface area contributed by atoms with Crippen LogP contribution in [0.5, 0.6) is 0 Å². The Balaban J connectivity index is 2.49. The lowest BCUT2D eigenvalue weighted by atomic mass is 10.0. The molecule has 0 radical (unpaired) electrons. The van der Waals surface area contributed by atoms with Crippen molar-refractivity contribution < 1.29 is 0 Å². The van der Waals surface area contributed by atoms with Crippen molar-refractivity contribution in [3.05, 3.63) is 0 Å². The Labute approximate surface area is 64.4 Å². The van der Waals surface area contributed by atoms with E-state index in [0.29, 0.717) is 0 Å². The fourth-order valence-corrected chi connectivity index (χ4v) is 1.95. The molecule has 1 saturated heterocycles. The van der Waals surface area contributed by atoms with E-state index in [9.17, 15) is 0 Å². The molecule has 0 aliphatic carbocycles. The standard InChI is InChI=1S/C9H19N/c1-7(2)9-6-5-8(3)10(9)4/h7-9H,5-6H2,1-4H3/t8-,9-/m0/s1. The van der Waals surface area contributed by atoms with Crippen LogP contribution < -0.4 is 0 Å². The van der Waals surface area contributed by atoms with Crippen LogP contribution in [0, 0.1) is 5.92 Å². The first-order chi connectivity index (χ1) is 4.63. The maximum atomic E-state index is 2.52. The Kier molecular flexibility index (Phi) is 2.35. The smallest absolute Gasteiger partial charge is 0.0119 e. The number of nitrogens with zero attached hydrogens (tertiary/aromatic N) is 1. The van der Waals surface area contributed by atoms with Crippen molar-refractivity contribution in [1.29, 1.82) is 0 Å². The molecule has 0 aromatic heterocycles. The molecule has 2 atom stereocenters. The fraction of sp³-hybridized carbons (Fsp3) is 1.00. The van der Waals surface area contributed by atoms with Gasteiger partial charge in [0.1, 0.15) is 0 Å². The normalized spacial score (nSPS) is 35.7. The predicted octanol–water partition coefficient (Wildman–Crippen LogP) is 2.13. The highest BCUT2D eigenvalue weighted by atomic mass is 15.2. The second kappa shape index (κ2) is 2.91. The van der Waals surface area contributed by atoms with Gasteiger partial charge in [-0.3, -0.25) is 0 Å². The van der Waals surface area contributed by atoms with Gasteiger partial charge in [0.05, 0.1) is 0 Å². The average molecular weight is 141 g/mol. The van der Waals surface area contributed by atoms with E-state index >= 15 is 0 Å². The lowest BCUT2D eigenvalue weighted by Crippen LogP contribution is -2.33. The molecule has 60 valence electrons. The Morgan fingerprint density at radius 3 is 2.10 bits per heavy atom. The monoisotopic (exact) mass is 141 g/mol. The average Bonchev–Trinajstić information content (AvgIpc) is 2.14. The summed E-state index contributed by atoms with van der Waals surface area (Å²) in [6, 6.07) is 1.65. The highest BCUT2D eigenvalue weighted by Gasteiger charge is 2.28. The van der Waals surface area contributed by atoms with Crippen molar-refractivity contribution in [2.75, 3.05) is 7.05 Å². The predicted molar refractivity (Wildman–Crippen MR) is 45.1 cm³/mol. The molecular weight excluding hydrogens is 122 g/mol. The van der Waals surface area contributed by atoms with Gasteiger partial charge in [0, 0.05) is 12.1 Å². The van der Waals surface area contributed by atoms with Crippen molar-refractivity contribution in [2.24, 2.45) is 5.92 Å². The van der Waals surface area contributed by atoms with Crippen molar-refractivity contribution in [1.82, 2.24) is 4.90 Å². The summed E-state index contributed by atoms with van der Waals surface area (Å²) >= 11 is 0. The number of likely N-dealkylation sites (tertiary alicyclic amines) is 1. The molecule has 1 aliphatic heterocycles. The van der Waals surface area contributed by atoms with Crippen LogP contribution in [0.2, 0.25) is 0 Å². The van der Waals surface area contributed by atoms with Crippen molar-refractivity contribution in [3.8, 4) is 0 Å². The molecule has 1 heteroatoms. The second-order valence-electron chi connectivity index (χ2n) is 3.90. The summed E-state index contributed by atoms with van der Waals surface area (Å²) < 4.78 is 0. The zero-order valence-corrected chi connectivity index (χ0v) is 7.59. The molecule has 0 bridgehead atoms. The minimum atomic E-state index is 0.812. The molecule has 0 N–H and O–H groups in total. The number of hydrogen-bond donors (Lipinski definition) is 0. The van der Waals surface area contributed by atoms with E-state index in [1.807, 2.05) is 0 Å². The van der Waals surface area contributed by atoms with Crippen molar-refractivity contribution in [2.45, 2.75) is 45.7 Å². The topological polar surface area (TPSA) is 3.24 Å². The minimum absolute atomic E-state index is 0.812. The van der Waals surface area contributed by atoms with Gasteiger partial charge in [0.2, 0.25) is 0 Å². The molecule has 1 rings (SSSR count). The van der Waals surface area contributed by atoms with Gasteiger partial charge in [-0.1, -0.05) is 13.8 Å². The Morgan fingerprint density at radius 2 is 1.90 bits per heavy atom. The molecule has 0 spiro atoms. The quantitative estimate of drug-likeness (QED) is 0.540. The van der Waals surface area contributed by atoms with Gasteiger partial charge < -0.3 is 4.90 Å². The first-order valence-electron chi connectivity index (χ1n) is 4.35. The summed E-state index contributed by atoms with van der Waals surface area (Å²) in [5.41, 5.74) is 0. The van der Waals surface area contributed by atoms with Gasteiger partial charge in [-0.15, -0.1) is 0 Å². The van der Waals surface area contributed by atoms with Crippen LogP contribution in [0.15, 0.2) is 0 Å². The van der Waals surface area contributed by atoms with Crippen LogP contribution in [0.4, 0.5) is 0 Å². The molecule has 1 fully saturated rings. The lowest BCUT2D eigenvalue weighted by molar-refractivity contribution is 0.208.